The number of piperidine rings is 2. The number of terminal acetylenes is 1. The summed E-state index contributed by atoms with van der Waals surface area (Å²) >= 11 is 0. The Hall–Kier alpha value is -2.81. The van der Waals surface area contributed by atoms with Gasteiger partial charge in [-0.3, -0.25) is 14.4 Å². The van der Waals surface area contributed by atoms with E-state index < -0.39 is 24.0 Å². The lowest BCUT2D eigenvalue weighted by Crippen LogP contribution is -2.46. The molecular formula is C21H30F3N3O6. The number of carbonyl (C=O) groups is 4. The molecule has 12 heteroatoms. The molecule has 4 N–H and O–H groups in total. The van der Waals surface area contributed by atoms with Gasteiger partial charge in [-0.15, -0.1) is 6.42 Å². The maximum atomic E-state index is 12.5. The van der Waals surface area contributed by atoms with Crippen LogP contribution in [0.1, 0.15) is 38.5 Å². The van der Waals surface area contributed by atoms with Gasteiger partial charge in [0.25, 0.3) is 0 Å². The third-order valence-electron chi connectivity index (χ3n) is 5.59. The lowest BCUT2D eigenvalue weighted by atomic mass is 9.92. The molecule has 2 fully saturated rings. The SMILES string of the molecule is C#C[C@H](CNC(=O)[C@@H]1CCCN(C(=O)CCC2CCNCC2)C1)C(=O)O.O=C(O)C(F)(F)F. The molecule has 2 saturated heterocycles. The fourth-order valence-corrected chi connectivity index (χ4v) is 3.64. The Kier molecular flexibility index (Phi) is 11.7. The molecule has 2 atom stereocenters. The van der Waals surface area contributed by atoms with Crippen LogP contribution in [0.25, 0.3) is 0 Å². The number of carboxylic acids is 2. The predicted molar refractivity (Wildman–Crippen MR) is 111 cm³/mol. The van der Waals surface area contributed by atoms with Crippen LogP contribution in [0.3, 0.4) is 0 Å². The molecular weight excluding hydrogens is 447 g/mol. The summed E-state index contributed by atoms with van der Waals surface area (Å²) in [7, 11) is 0. The number of carbonyl (C=O) groups excluding carboxylic acids is 2. The normalized spacial score (nSPS) is 19.9. The fraction of sp³-hybridized carbons (Fsp3) is 0.714. The van der Waals surface area contributed by atoms with Crippen molar-refractivity contribution in [3.63, 3.8) is 0 Å². The first-order valence-electron chi connectivity index (χ1n) is 10.7. The number of halogens is 3. The van der Waals surface area contributed by atoms with E-state index in [4.69, 9.17) is 21.4 Å². The van der Waals surface area contributed by atoms with Crippen LogP contribution in [0.15, 0.2) is 0 Å². The van der Waals surface area contributed by atoms with Crippen molar-refractivity contribution in [2.45, 2.75) is 44.7 Å². The Morgan fingerprint density at radius 2 is 1.76 bits per heavy atom. The minimum Gasteiger partial charge on any atom is -0.480 e. The van der Waals surface area contributed by atoms with Crippen molar-refractivity contribution in [1.29, 1.82) is 0 Å². The second kappa shape index (κ2) is 13.7. The minimum absolute atomic E-state index is 0.0785. The van der Waals surface area contributed by atoms with Gasteiger partial charge >= 0.3 is 18.1 Å². The molecule has 0 unspecified atom stereocenters. The number of rotatable bonds is 7. The smallest absolute Gasteiger partial charge is 0.480 e. The van der Waals surface area contributed by atoms with E-state index in [0.717, 1.165) is 38.8 Å². The number of nitrogens with one attached hydrogen (secondary N) is 2. The maximum absolute atomic E-state index is 12.5. The van der Waals surface area contributed by atoms with Gasteiger partial charge in [-0.05, 0) is 51.1 Å². The van der Waals surface area contributed by atoms with Gasteiger partial charge in [0.1, 0.15) is 5.92 Å². The first-order valence-corrected chi connectivity index (χ1v) is 10.7. The van der Waals surface area contributed by atoms with E-state index in [1.54, 1.807) is 4.90 Å². The Bertz CT molecular complexity index is 732. The number of carboxylic acid groups (broad SMARTS) is 2. The van der Waals surface area contributed by atoms with Crippen LogP contribution in [-0.2, 0) is 19.2 Å². The summed E-state index contributed by atoms with van der Waals surface area (Å²) in [6.07, 6.45) is 5.26. The topological polar surface area (TPSA) is 136 Å². The van der Waals surface area contributed by atoms with Gasteiger partial charge < -0.3 is 25.7 Å². The average Bonchev–Trinajstić information content (AvgIpc) is 2.78. The number of aliphatic carboxylic acids is 2. The van der Waals surface area contributed by atoms with Crippen molar-refractivity contribution in [3.05, 3.63) is 0 Å². The first kappa shape index (κ1) is 28.2. The molecule has 0 saturated carbocycles. The molecule has 0 aromatic carbocycles. The van der Waals surface area contributed by atoms with Gasteiger partial charge in [0.05, 0.1) is 5.92 Å². The lowest BCUT2D eigenvalue weighted by molar-refractivity contribution is -0.192. The van der Waals surface area contributed by atoms with Gasteiger partial charge in [0.2, 0.25) is 11.8 Å². The molecule has 33 heavy (non-hydrogen) atoms. The Balaban J connectivity index is 0.000000675. The van der Waals surface area contributed by atoms with Gasteiger partial charge in [-0.2, -0.15) is 13.2 Å². The van der Waals surface area contributed by atoms with Crippen LogP contribution in [0.2, 0.25) is 0 Å². The van der Waals surface area contributed by atoms with Crippen molar-refractivity contribution < 1.29 is 42.6 Å². The molecule has 0 aromatic heterocycles. The van der Waals surface area contributed by atoms with Crippen LogP contribution < -0.4 is 10.6 Å². The summed E-state index contributed by atoms with van der Waals surface area (Å²) in [5.74, 6) is -2.53. The number of hydrogen-bond acceptors (Lipinski definition) is 5. The highest BCUT2D eigenvalue weighted by molar-refractivity contribution is 5.82. The van der Waals surface area contributed by atoms with Crippen LogP contribution in [0.4, 0.5) is 13.2 Å². The fourth-order valence-electron chi connectivity index (χ4n) is 3.64. The molecule has 0 radical (unpaired) electrons. The molecule has 2 aliphatic rings. The van der Waals surface area contributed by atoms with E-state index >= 15 is 0 Å². The Morgan fingerprint density at radius 1 is 1.15 bits per heavy atom. The van der Waals surface area contributed by atoms with Gasteiger partial charge in [-0.25, -0.2) is 4.79 Å². The number of hydrogen-bond donors (Lipinski definition) is 4. The zero-order valence-corrected chi connectivity index (χ0v) is 18.2. The van der Waals surface area contributed by atoms with Crippen molar-refractivity contribution in [2.75, 3.05) is 32.7 Å². The predicted octanol–water partition coefficient (Wildman–Crippen LogP) is 1.09. The van der Waals surface area contributed by atoms with E-state index in [9.17, 15) is 27.6 Å². The highest BCUT2D eigenvalue weighted by atomic mass is 19.4. The molecule has 186 valence electrons. The van der Waals surface area contributed by atoms with Gasteiger partial charge in [0.15, 0.2) is 0 Å². The summed E-state index contributed by atoms with van der Waals surface area (Å²) in [6.45, 7) is 3.08. The second-order valence-corrected chi connectivity index (χ2v) is 8.02. The highest BCUT2D eigenvalue weighted by Gasteiger charge is 2.38. The minimum atomic E-state index is -5.08. The number of nitrogens with zero attached hydrogens (tertiary/aromatic N) is 1. The quantitative estimate of drug-likeness (QED) is 0.403. The molecule has 0 spiro atoms. The number of alkyl halides is 3. The monoisotopic (exact) mass is 477 g/mol. The van der Waals surface area contributed by atoms with Crippen LogP contribution >= 0.6 is 0 Å². The third kappa shape index (κ3) is 10.6. The Labute approximate surface area is 190 Å². The molecule has 9 nitrogen and oxygen atoms in total. The van der Waals surface area contributed by atoms with E-state index in [0.29, 0.717) is 31.8 Å². The molecule has 2 amide bonds. The molecule has 2 rings (SSSR count). The summed E-state index contributed by atoms with van der Waals surface area (Å²) in [5.41, 5.74) is 0. The first-order chi connectivity index (χ1) is 15.5. The van der Waals surface area contributed by atoms with Gasteiger partial charge in [0, 0.05) is 26.1 Å². The largest absolute Gasteiger partial charge is 0.490 e. The summed E-state index contributed by atoms with van der Waals surface area (Å²) in [5, 5.41) is 22.0. The lowest BCUT2D eigenvalue weighted by Gasteiger charge is -2.33. The molecule has 0 aromatic rings. The summed E-state index contributed by atoms with van der Waals surface area (Å²) in [6, 6.07) is 0. The van der Waals surface area contributed by atoms with Crippen LogP contribution in [0.5, 0.6) is 0 Å². The van der Waals surface area contributed by atoms with E-state index in [2.05, 4.69) is 16.6 Å². The standard InChI is InChI=1S/C19H29N3O4.C2HF3O2/c1-2-15(19(25)26)12-21-18(24)16-4-3-11-22(13-16)17(23)6-5-14-7-9-20-10-8-14;3-2(4,5)1(6)7/h1,14-16,20H,3-13H2,(H,21,24)(H,25,26);(H,6,7)/t15-,16-;/m1./s1. The zero-order chi connectivity index (χ0) is 25.0. The van der Waals surface area contributed by atoms with Crippen molar-refractivity contribution in [3.8, 4) is 12.3 Å². The maximum Gasteiger partial charge on any atom is 0.490 e. The van der Waals surface area contributed by atoms with Crippen LogP contribution in [0, 0.1) is 30.1 Å². The van der Waals surface area contributed by atoms with Crippen LogP contribution in [-0.4, -0.2) is 77.8 Å². The summed E-state index contributed by atoms with van der Waals surface area (Å²) in [4.78, 5) is 46.4. The summed E-state index contributed by atoms with van der Waals surface area (Å²) < 4.78 is 31.7. The Morgan fingerprint density at radius 3 is 2.27 bits per heavy atom. The molecule has 2 heterocycles. The molecule has 0 aliphatic carbocycles. The van der Waals surface area contributed by atoms with E-state index in [-0.39, 0.29) is 24.3 Å². The van der Waals surface area contributed by atoms with Gasteiger partial charge in [-0.1, -0.05) is 5.92 Å². The van der Waals surface area contributed by atoms with Crippen molar-refractivity contribution in [1.82, 2.24) is 15.5 Å². The van der Waals surface area contributed by atoms with Crippen molar-refractivity contribution >= 4 is 23.8 Å². The van der Waals surface area contributed by atoms with E-state index in [1.807, 2.05) is 0 Å². The highest BCUT2D eigenvalue weighted by Crippen LogP contribution is 2.21. The number of likely N-dealkylation sites (tertiary alicyclic amines) is 1. The number of amides is 2. The zero-order valence-electron chi connectivity index (χ0n) is 18.2. The third-order valence-corrected chi connectivity index (χ3v) is 5.59. The average molecular weight is 477 g/mol. The second-order valence-electron chi connectivity index (χ2n) is 8.02. The molecule has 0 bridgehead atoms. The van der Waals surface area contributed by atoms with Crippen molar-refractivity contribution in [2.24, 2.45) is 17.8 Å². The van der Waals surface area contributed by atoms with E-state index in [1.165, 1.54) is 0 Å². The molecule has 2 aliphatic heterocycles.